The van der Waals surface area contributed by atoms with E-state index in [1.54, 1.807) is 48.5 Å². The summed E-state index contributed by atoms with van der Waals surface area (Å²) in [7, 11) is -3.67. The van der Waals surface area contributed by atoms with Gasteiger partial charge in [0.05, 0.1) is 10.6 Å². The van der Waals surface area contributed by atoms with Crippen molar-refractivity contribution in [1.82, 2.24) is 0 Å². The summed E-state index contributed by atoms with van der Waals surface area (Å²) in [5.74, 6) is 0.456. The zero-order valence-electron chi connectivity index (χ0n) is 12.8. The van der Waals surface area contributed by atoms with Gasteiger partial charge in [0, 0.05) is 0 Å². The first-order valence-corrected chi connectivity index (χ1v) is 8.88. The lowest BCUT2D eigenvalue weighted by atomic mass is 10.2. The van der Waals surface area contributed by atoms with E-state index < -0.39 is 10.0 Å². The van der Waals surface area contributed by atoms with Crippen molar-refractivity contribution in [2.45, 2.75) is 11.5 Å². The number of rotatable bonds is 6. The lowest BCUT2D eigenvalue weighted by molar-refractivity contribution is 0.308. The van der Waals surface area contributed by atoms with Crippen molar-refractivity contribution < 1.29 is 13.2 Å². The molecule has 121 valence electrons. The number of hydrogen-bond donors (Lipinski definition) is 1. The fraction of sp³-hybridized carbons (Fsp3) is 0.0526. The van der Waals surface area contributed by atoms with Gasteiger partial charge < -0.3 is 4.74 Å². The van der Waals surface area contributed by atoms with Crippen molar-refractivity contribution in [3.05, 3.63) is 90.5 Å². The first kappa shape index (κ1) is 16.1. The van der Waals surface area contributed by atoms with Crippen LogP contribution in [0.2, 0.25) is 0 Å². The Hall–Kier alpha value is -2.79. The van der Waals surface area contributed by atoms with Crippen molar-refractivity contribution in [3.8, 4) is 5.75 Å². The molecule has 5 heteroatoms. The summed E-state index contributed by atoms with van der Waals surface area (Å²) in [4.78, 5) is 0.197. The molecule has 0 atom stereocenters. The van der Waals surface area contributed by atoms with E-state index in [-0.39, 0.29) is 4.90 Å². The Morgan fingerprint density at radius 3 is 2.29 bits per heavy atom. The molecule has 24 heavy (non-hydrogen) atoms. The third-order valence-electron chi connectivity index (χ3n) is 3.36. The van der Waals surface area contributed by atoms with Crippen LogP contribution in [0.15, 0.2) is 83.8 Å². The fourth-order valence-electron chi connectivity index (χ4n) is 2.16. The molecule has 4 nitrogen and oxygen atoms in total. The van der Waals surface area contributed by atoms with E-state index in [4.69, 9.17) is 4.74 Å². The van der Waals surface area contributed by atoms with Crippen LogP contribution in [-0.4, -0.2) is 8.42 Å². The molecule has 0 aliphatic carbocycles. The molecule has 3 aromatic carbocycles. The molecule has 0 spiro atoms. The van der Waals surface area contributed by atoms with Crippen LogP contribution >= 0.6 is 0 Å². The van der Waals surface area contributed by atoms with Crippen LogP contribution in [0.3, 0.4) is 0 Å². The predicted molar refractivity (Wildman–Crippen MR) is 93.3 cm³/mol. The molecule has 0 fully saturated rings. The van der Waals surface area contributed by atoms with Gasteiger partial charge in [-0.2, -0.15) is 0 Å². The smallest absolute Gasteiger partial charge is 0.262 e. The molecular weight excluding hydrogens is 322 g/mol. The molecule has 3 rings (SSSR count). The molecule has 1 N–H and O–H groups in total. The minimum absolute atomic E-state index is 0.197. The first-order chi connectivity index (χ1) is 11.6. The van der Waals surface area contributed by atoms with Gasteiger partial charge in [-0.1, -0.05) is 54.6 Å². The maximum Gasteiger partial charge on any atom is 0.262 e. The van der Waals surface area contributed by atoms with E-state index in [1.165, 1.54) is 0 Å². The van der Waals surface area contributed by atoms with Crippen LogP contribution in [0.1, 0.15) is 5.56 Å². The van der Waals surface area contributed by atoms with Crippen LogP contribution in [0, 0.1) is 6.07 Å². The van der Waals surface area contributed by atoms with Gasteiger partial charge in [-0.25, -0.2) is 8.42 Å². The lowest BCUT2D eigenvalue weighted by Gasteiger charge is -2.13. The summed E-state index contributed by atoms with van der Waals surface area (Å²) in [5, 5.41) is 0. The van der Waals surface area contributed by atoms with Gasteiger partial charge in [0.25, 0.3) is 10.0 Å². The van der Waals surface area contributed by atoms with E-state index in [0.717, 1.165) is 5.56 Å². The van der Waals surface area contributed by atoms with Crippen molar-refractivity contribution in [3.63, 3.8) is 0 Å². The van der Waals surface area contributed by atoms with Crippen LogP contribution in [-0.2, 0) is 16.6 Å². The summed E-state index contributed by atoms with van der Waals surface area (Å²) >= 11 is 0. The molecule has 0 aromatic heterocycles. The number of ether oxygens (including phenoxy) is 1. The van der Waals surface area contributed by atoms with Crippen LogP contribution in [0.25, 0.3) is 0 Å². The quantitative estimate of drug-likeness (QED) is 0.742. The highest BCUT2D eigenvalue weighted by molar-refractivity contribution is 7.92. The number of benzene rings is 3. The van der Waals surface area contributed by atoms with Crippen molar-refractivity contribution in [2.75, 3.05) is 4.72 Å². The minimum atomic E-state index is -3.67. The Bertz CT molecular complexity index is 894. The molecule has 0 unspecified atom stereocenters. The highest BCUT2D eigenvalue weighted by Gasteiger charge is 2.16. The van der Waals surface area contributed by atoms with E-state index in [2.05, 4.69) is 10.8 Å². The summed E-state index contributed by atoms with van der Waals surface area (Å²) in [6.07, 6.45) is 0. The van der Waals surface area contributed by atoms with E-state index in [9.17, 15) is 8.42 Å². The van der Waals surface area contributed by atoms with Crippen LogP contribution in [0.5, 0.6) is 5.75 Å². The summed E-state index contributed by atoms with van der Waals surface area (Å²) in [6, 6.07) is 25.7. The van der Waals surface area contributed by atoms with Crippen LogP contribution < -0.4 is 9.46 Å². The largest absolute Gasteiger partial charge is 0.487 e. The summed E-state index contributed by atoms with van der Waals surface area (Å²) in [5.41, 5.74) is 1.36. The second-order valence-corrected chi connectivity index (χ2v) is 6.80. The highest BCUT2D eigenvalue weighted by atomic mass is 32.2. The zero-order chi connectivity index (χ0) is 16.8. The van der Waals surface area contributed by atoms with E-state index >= 15 is 0 Å². The molecule has 0 amide bonds. The molecule has 0 heterocycles. The van der Waals surface area contributed by atoms with Gasteiger partial charge in [-0.15, -0.1) is 0 Å². The molecule has 0 saturated heterocycles. The molecular formula is C19H16NO3S. The van der Waals surface area contributed by atoms with Crippen LogP contribution in [0.4, 0.5) is 5.69 Å². The molecule has 0 saturated carbocycles. The average Bonchev–Trinajstić information content (AvgIpc) is 2.62. The molecule has 0 aliphatic heterocycles. The number of sulfonamides is 1. The monoisotopic (exact) mass is 338 g/mol. The first-order valence-electron chi connectivity index (χ1n) is 7.40. The third kappa shape index (κ3) is 3.94. The lowest BCUT2D eigenvalue weighted by Crippen LogP contribution is -2.13. The van der Waals surface area contributed by atoms with Gasteiger partial charge >= 0.3 is 0 Å². The number of anilines is 1. The predicted octanol–water partition coefficient (Wildman–Crippen LogP) is 3.87. The molecule has 1 radical (unpaired) electrons. The van der Waals surface area contributed by atoms with Crippen molar-refractivity contribution >= 4 is 15.7 Å². The summed E-state index contributed by atoms with van der Waals surface area (Å²) < 4.78 is 33.2. The number of nitrogens with one attached hydrogen (secondary N) is 1. The Balaban J connectivity index is 1.79. The van der Waals surface area contributed by atoms with Crippen molar-refractivity contribution in [2.24, 2.45) is 0 Å². The van der Waals surface area contributed by atoms with Gasteiger partial charge in [-0.3, -0.25) is 4.72 Å². The highest BCUT2D eigenvalue weighted by Crippen LogP contribution is 2.27. The normalized spacial score (nSPS) is 11.0. The van der Waals surface area contributed by atoms with Gasteiger partial charge in [0.1, 0.15) is 12.4 Å². The average molecular weight is 338 g/mol. The maximum absolute atomic E-state index is 12.4. The molecule has 0 aliphatic rings. The van der Waals surface area contributed by atoms with Crippen molar-refractivity contribution in [1.29, 1.82) is 0 Å². The van der Waals surface area contributed by atoms with Gasteiger partial charge in [0.15, 0.2) is 0 Å². The summed E-state index contributed by atoms with van der Waals surface area (Å²) in [6.45, 7) is 0.352. The van der Waals surface area contributed by atoms with Gasteiger partial charge in [-0.05, 0) is 35.9 Å². The number of hydrogen-bond acceptors (Lipinski definition) is 3. The fourth-order valence-corrected chi connectivity index (χ4v) is 3.24. The van der Waals surface area contributed by atoms with E-state index in [0.29, 0.717) is 18.0 Å². The minimum Gasteiger partial charge on any atom is -0.487 e. The Kier molecular flexibility index (Phi) is 4.82. The molecule has 0 bridgehead atoms. The topological polar surface area (TPSA) is 55.4 Å². The third-order valence-corrected chi connectivity index (χ3v) is 4.74. The second kappa shape index (κ2) is 7.19. The second-order valence-electron chi connectivity index (χ2n) is 5.12. The van der Waals surface area contributed by atoms with Gasteiger partial charge in [0.2, 0.25) is 0 Å². The SMILES string of the molecule is O=S(=O)(Nc1c[c]ccc1OCc1ccccc1)c1ccccc1. The Morgan fingerprint density at radius 1 is 0.917 bits per heavy atom. The Morgan fingerprint density at radius 2 is 1.58 bits per heavy atom. The standard InChI is InChI=1S/C19H16NO3S/c21-24(22,17-11-5-2-6-12-17)20-18-13-7-8-14-19(18)23-15-16-9-3-1-4-10-16/h1-6,8-14,20H,15H2. The molecule has 3 aromatic rings. The zero-order valence-corrected chi connectivity index (χ0v) is 13.7. The van der Waals surface area contributed by atoms with E-state index in [1.807, 2.05) is 30.3 Å². The maximum atomic E-state index is 12.4. The Labute approximate surface area is 141 Å².